The summed E-state index contributed by atoms with van der Waals surface area (Å²) in [5, 5.41) is 9.94. The molecule has 0 bridgehead atoms. The number of aliphatic carboxylic acids is 1. The van der Waals surface area contributed by atoms with E-state index < -0.39 is 5.97 Å². The molecular formula is C16H16N2O3. The van der Waals surface area contributed by atoms with Gasteiger partial charge in [0.1, 0.15) is 0 Å². The minimum absolute atomic E-state index is 0.0665. The lowest BCUT2D eigenvalue weighted by Gasteiger charge is -2.30. The fraction of sp³-hybridized carbons (Fsp3) is 0.312. The van der Waals surface area contributed by atoms with Gasteiger partial charge in [-0.15, -0.1) is 0 Å². The number of nitrogens with zero attached hydrogens (tertiary/aromatic N) is 2. The van der Waals surface area contributed by atoms with E-state index in [9.17, 15) is 9.59 Å². The molecule has 5 heteroatoms. The largest absolute Gasteiger partial charge is 0.481 e. The van der Waals surface area contributed by atoms with Crippen LogP contribution in [-0.4, -0.2) is 40.0 Å². The van der Waals surface area contributed by atoms with E-state index in [2.05, 4.69) is 4.98 Å². The van der Waals surface area contributed by atoms with E-state index in [1.165, 1.54) is 0 Å². The number of carbonyl (C=O) groups is 2. The molecule has 5 nitrogen and oxygen atoms in total. The zero-order chi connectivity index (χ0) is 14.8. The first-order valence-electron chi connectivity index (χ1n) is 7.02. The fourth-order valence-corrected chi connectivity index (χ4v) is 2.78. The van der Waals surface area contributed by atoms with Crippen LogP contribution in [0.15, 0.2) is 36.5 Å². The molecule has 1 aromatic heterocycles. The van der Waals surface area contributed by atoms with Gasteiger partial charge in [-0.05, 0) is 25.0 Å². The highest BCUT2D eigenvalue weighted by Gasteiger charge is 2.28. The van der Waals surface area contributed by atoms with E-state index in [0.717, 1.165) is 5.39 Å². The van der Waals surface area contributed by atoms with Crippen LogP contribution in [0.2, 0.25) is 0 Å². The number of likely N-dealkylation sites (tertiary alicyclic amines) is 1. The van der Waals surface area contributed by atoms with Crippen molar-refractivity contribution in [1.29, 1.82) is 0 Å². The van der Waals surface area contributed by atoms with E-state index in [-0.39, 0.29) is 11.8 Å². The first kappa shape index (κ1) is 13.5. The summed E-state index contributed by atoms with van der Waals surface area (Å²) in [6.45, 7) is 0.970. The number of amides is 1. The summed E-state index contributed by atoms with van der Waals surface area (Å²) in [7, 11) is 0. The van der Waals surface area contributed by atoms with Crippen LogP contribution < -0.4 is 0 Å². The lowest BCUT2D eigenvalue weighted by molar-refractivity contribution is -0.143. The van der Waals surface area contributed by atoms with Gasteiger partial charge < -0.3 is 10.0 Å². The van der Waals surface area contributed by atoms with Crippen molar-refractivity contribution in [2.45, 2.75) is 12.8 Å². The Kier molecular flexibility index (Phi) is 3.56. The molecule has 108 valence electrons. The van der Waals surface area contributed by atoms with Crippen LogP contribution in [-0.2, 0) is 4.79 Å². The number of rotatable bonds is 2. The molecule has 0 aliphatic carbocycles. The molecule has 1 saturated heterocycles. The third kappa shape index (κ3) is 2.59. The van der Waals surface area contributed by atoms with Crippen LogP contribution in [0, 0.1) is 5.92 Å². The van der Waals surface area contributed by atoms with Crippen LogP contribution in [0.1, 0.15) is 23.2 Å². The topological polar surface area (TPSA) is 70.5 Å². The predicted molar refractivity (Wildman–Crippen MR) is 78.0 cm³/mol. The number of benzene rings is 1. The van der Waals surface area contributed by atoms with Gasteiger partial charge in [0.05, 0.1) is 17.0 Å². The summed E-state index contributed by atoms with van der Waals surface area (Å²) in [6, 6.07) is 9.32. The standard InChI is InChI=1S/C16H16N2O3/c19-15(18-9-6-12(7-10-18)16(20)21)13-5-1-3-11-4-2-8-17-14(11)13/h1-5,8,12H,6-7,9-10H2,(H,20,21). The molecule has 0 unspecified atom stereocenters. The number of para-hydroxylation sites is 1. The van der Waals surface area contributed by atoms with Gasteiger partial charge in [-0.3, -0.25) is 14.6 Å². The van der Waals surface area contributed by atoms with Crippen LogP contribution >= 0.6 is 0 Å². The van der Waals surface area contributed by atoms with Crippen molar-refractivity contribution < 1.29 is 14.7 Å². The van der Waals surface area contributed by atoms with E-state index in [4.69, 9.17) is 5.11 Å². The minimum Gasteiger partial charge on any atom is -0.481 e. The molecule has 1 aliphatic heterocycles. The Balaban J connectivity index is 1.84. The summed E-state index contributed by atoms with van der Waals surface area (Å²) >= 11 is 0. The molecule has 1 aromatic carbocycles. The Morgan fingerprint density at radius 2 is 1.86 bits per heavy atom. The zero-order valence-corrected chi connectivity index (χ0v) is 11.5. The second-order valence-corrected chi connectivity index (χ2v) is 5.29. The number of carboxylic acids is 1. The Morgan fingerprint density at radius 3 is 2.57 bits per heavy atom. The van der Waals surface area contributed by atoms with Gasteiger partial charge in [0, 0.05) is 24.7 Å². The van der Waals surface area contributed by atoms with Crippen molar-refractivity contribution in [3.63, 3.8) is 0 Å². The van der Waals surface area contributed by atoms with Crippen molar-refractivity contribution >= 4 is 22.8 Å². The van der Waals surface area contributed by atoms with E-state index in [0.29, 0.717) is 37.0 Å². The van der Waals surface area contributed by atoms with Crippen molar-refractivity contribution in [1.82, 2.24) is 9.88 Å². The Hall–Kier alpha value is -2.43. The number of carbonyl (C=O) groups excluding carboxylic acids is 1. The number of piperidine rings is 1. The van der Waals surface area contributed by atoms with Crippen molar-refractivity contribution in [2.24, 2.45) is 5.92 Å². The third-order valence-electron chi connectivity index (χ3n) is 3.99. The summed E-state index contributed by atoms with van der Waals surface area (Å²) in [5.41, 5.74) is 1.28. The zero-order valence-electron chi connectivity index (χ0n) is 11.5. The van der Waals surface area contributed by atoms with Crippen LogP contribution in [0.3, 0.4) is 0 Å². The lowest BCUT2D eigenvalue weighted by atomic mass is 9.96. The lowest BCUT2D eigenvalue weighted by Crippen LogP contribution is -2.40. The van der Waals surface area contributed by atoms with Gasteiger partial charge in [-0.2, -0.15) is 0 Å². The third-order valence-corrected chi connectivity index (χ3v) is 3.99. The van der Waals surface area contributed by atoms with Crippen molar-refractivity contribution in [2.75, 3.05) is 13.1 Å². The normalized spacial score (nSPS) is 16.1. The molecule has 1 N–H and O–H groups in total. The van der Waals surface area contributed by atoms with Gasteiger partial charge in [0.2, 0.25) is 0 Å². The monoisotopic (exact) mass is 284 g/mol. The Morgan fingerprint density at radius 1 is 1.14 bits per heavy atom. The van der Waals surface area contributed by atoms with Crippen LogP contribution in [0.25, 0.3) is 10.9 Å². The molecule has 21 heavy (non-hydrogen) atoms. The molecule has 0 atom stereocenters. The number of fused-ring (bicyclic) bond motifs is 1. The molecule has 1 fully saturated rings. The number of hydrogen-bond acceptors (Lipinski definition) is 3. The highest BCUT2D eigenvalue weighted by atomic mass is 16.4. The number of hydrogen-bond donors (Lipinski definition) is 1. The maximum absolute atomic E-state index is 12.6. The average Bonchev–Trinajstić information content (AvgIpc) is 2.53. The number of aromatic nitrogens is 1. The van der Waals surface area contributed by atoms with E-state index >= 15 is 0 Å². The maximum atomic E-state index is 12.6. The summed E-state index contributed by atoms with van der Waals surface area (Å²) in [4.78, 5) is 29.6. The highest BCUT2D eigenvalue weighted by Crippen LogP contribution is 2.22. The summed E-state index contributed by atoms with van der Waals surface area (Å²) in [5.74, 6) is -1.17. The number of pyridine rings is 1. The van der Waals surface area contributed by atoms with E-state index in [1.54, 1.807) is 17.2 Å². The minimum atomic E-state index is -0.770. The molecule has 2 heterocycles. The van der Waals surface area contributed by atoms with Crippen LogP contribution in [0.5, 0.6) is 0 Å². The molecule has 1 aliphatic rings. The molecule has 0 saturated carbocycles. The SMILES string of the molecule is O=C(O)C1CCN(C(=O)c2cccc3cccnc23)CC1. The number of carboxylic acid groups (broad SMARTS) is 1. The molecule has 1 amide bonds. The molecule has 0 radical (unpaired) electrons. The molecule has 0 spiro atoms. The second kappa shape index (κ2) is 5.52. The maximum Gasteiger partial charge on any atom is 0.306 e. The Labute approximate surface area is 122 Å². The summed E-state index contributed by atoms with van der Waals surface area (Å²) in [6.07, 6.45) is 2.70. The van der Waals surface area contributed by atoms with Gasteiger partial charge in [-0.25, -0.2) is 0 Å². The quantitative estimate of drug-likeness (QED) is 0.917. The van der Waals surface area contributed by atoms with Gasteiger partial charge in [0.15, 0.2) is 0 Å². The molecular weight excluding hydrogens is 268 g/mol. The first-order chi connectivity index (χ1) is 10.2. The second-order valence-electron chi connectivity index (χ2n) is 5.29. The van der Waals surface area contributed by atoms with Gasteiger partial charge in [-0.1, -0.05) is 18.2 Å². The Bertz CT molecular complexity index is 685. The predicted octanol–water partition coefficient (Wildman–Crippen LogP) is 2.17. The molecule has 3 rings (SSSR count). The van der Waals surface area contributed by atoms with Crippen molar-refractivity contribution in [3.05, 3.63) is 42.1 Å². The van der Waals surface area contributed by atoms with Crippen LogP contribution in [0.4, 0.5) is 0 Å². The smallest absolute Gasteiger partial charge is 0.306 e. The van der Waals surface area contributed by atoms with Crippen molar-refractivity contribution in [3.8, 4) is 0 Å². The molecule has 2 aromatic rings. The average molecular weight is 284 g/mol. The van der Waals surface area contributed by atoms with Gasteiger partial charge >= 0.3 is 5.97 Å². The van der Waals surface area contributed by atoms with E-state index in [1.807, 2.05) is 24.3 Å². The highest BCUT2D eigenvalue weighted by molar-refractivity contribution is 6.05. The summed E-state index contributed by atoms with van der Waals surface area (Å²) < 4.78 is 0. The van der Waals surface area contributed by atoms with Gasteiger partial charge in [0.25, 0.3) is 5.91 Å². The first-order valence-corrected chi connectivity index (χ1v) is 7.02. The fourth-order valence-electron chi connectivity index (χ4n) is 2.78.